The topological polar surface area (TPSA) is 96.7 Å². The second kappa shape index (κ2) is 8.47. The van der Waals surface area contributed by atoms with Crippen molar-refractivity contribution in [3.63, 3.8) is 0 Å². The number of aromatic amines is 1. The second-order valence-electron chi connectivity index (χ2n) is 7.80. The van der Waals surface area contributed by atoms with Crippen molar-refractivity contribution in [2.24, 2.45) is 5.92 Å². The van der Waals surface area contributed by atoms with E-state index < -0.39 is 5.97 Å². The van der Waals surface area contributed by atoms with Crippen molar-refractivity contribution in [2.75, 3.05) is 0 Å². The van der Waals surface area contributed by atoms with Crippen LogP contribution in [0.3, 0.4) is 0 Å². The van der Waals surface area contributed by atoms with Gasteiger partial charge >= 0.3 is 5.97 Å². The van der Waals surface area contributed by atoms with E-state index in [1.54, 1.807) is 0 Å². The fraction of sp³-hybridized carbons (Fsp3) is 0.208. The van der Waals surface area contributed by atoms with Crippen molar-refractivity contribution in [1.29, 1.82) is 0 Å². The van der Waals surface area contributed by atoms with Crippen LogP contribution in [0, 0.1) is 5.92 Å². The van der Waals surface area contributed by atoms with Gasteiger partial charge in [0.1, 0.15) is 17.9 Å². The third kappa shape index (κ3) is 4.21. The van der Waals surface area contributed by atoms with Crippen molar-refractivity contribution in [1.82, 2.24) is 14.6 Å². The summed E-state index contributed by atoms with van der Waals surface area (Å²) in [6.45, 7) is 4.51. The Labute approximate surface area is 178 Å². The third-order valence-electron chi connectivity index (χ3n) is 5.00. The van der Waals surface area contributed by atoms with Crippen molar-refractivity contribution >= 4 is 11.6 Å². The number of carboxylic acid groups (broad SMARTS) is 1. The zero-order chi connectivity index (χ0) is 22.0. The van der Waals surface area contributed by atoms with Gasteiger partial charge in [-0.05, 0) is 47.7 Å². The van der Waals surface area contributed by atoms with Gasteiger partial charge in [0.15, 0.2) is 5.65 Å². The number of aromatic carboxylic acids is 1. The van der Waals surface area contributed by atoms with E-state index in [2.05, 4.69) is 10.1 Å². The molecule has 2 aromatic carbocycles. The number of nitrogens with zero attached hydrogens (tertiary/aromatic N) is 2. The van der Waals surface area contributed by atoms with Gasteiger partial charge in [-0.1, -0.05) is 44.2 Å². The maximum atomic E-state index is 13.1. The molecular formula is C24H23N3O4. The average Bonchev–Trinajstić information content (AvgIpc) is 3.20. The normalized spacial score (nSPS) is 11.2. The standard InChI is InChI=1S/C24H23N3O4/c1-15(2)12-19-21(26-22-20(24(29)30)13-25-27(22)23(19)28)17-8-10-18(11-9-17)31-14-16-6-4-3-5-7-16/h3-11,13,15,26H,12,14H2,1-2H3,(H,29,30). The number of benzene rings is 2. The Hall–Kier alpha value is -3.87. The van der Waals surface area contributed by atoms with Crippen LogP contribution in [-0.4, -0.2) is 25.7 Å². The molecule has 31 heavy (non-hydrogen) atoms. The number of rotatable bonds is 7. The lowest BCUT2D eigenvalue weighted by Crippen LogP contribution is -2.23. The van der Waals surface area contributed by atoms with Crippen LogP contribution in [-0.2, 0) is 13.0 Å². The summed E-state index contributed by atoms with van der Waals surface area (Å²) < 4.78 is 6.97. The van der Waals surface area contributed by atoms with E-state index in [0.717, 1.165) is 15.6 Å². The summed E-state index contributed by atoms with van der Waals surface area (Å²) in [6.07, 6.45) is 1.73. The highest BCUT2D eigenvalue weighted by Gasteiger charge is 2.20. The van der Waals surface area contributed by atoms with Gasteiger partial charge in [-0.3, -0.25) is 4.79 Å². The highest BCUT2D eigenvalue weighted by molar-refractivity contribution is 5.94. The number of hydrogen-bond donors (Lipinski definition) is 2. The number of hydrogen-bond acceptors (Lipinski definition) is 4. The van der Waals surface area contributed by atoms with E-state index in [9.17, 15) is 14.7 Å². The predicted molar refractivity (Wildman–Crippen MR) is 118 cm³/mol. The molecule has 0 radical (unpaired) electrons. The first-order chi connectivity index (χ1) is 14.9. The van der Waals surface area contributed by atoms with E-state index in [4.69, 9.17) is 4.74 Å². The van der Waals surface area contributed by atoms with Gasteiger partial charge in [0.25, 0.3) is 5.56 Å². The second-order valence-corrected chi connectivity index (χ2v) is 7.80. The van der Waals surface area contributed by atoms with Gasteiger partial charge in [0.05, 0.1) is 11.9 Å². The number of carboxylic acids is 1. The number of H-pyrrole nitrogens is 1. The van der Waals surface area contributed by atoms with E-state index in [-0.39, 0.29) is 22.7 Å². The summed E-state index contributed by atoms with van der Waals surface area (Å²) in [7, 11) is 0. The molecule has 0 aliphatic heterocycles. The highest BCUT2D eigenvalue weighted by atomic mass is 16.5. The predicted octanol–water partition coefficient (Wildman–Crippen LogP) is 4.17. The monoisotopic (exact) mass is 417 g/mol. The summed E-state index contributed by atoms with van der Waals surface area (Å²) in [5.74, 6) is -0.199. The molecule has 4 rings (SSSR count). The van der Waals surface area contributed by atoms with E-state index in [1.165, 1.54) is 6.20 Å². The summed E-state index contributed by atoms with van der Waals surface area (Å²) in [4.78, 5) is 27.8. The zero-order valence-corrected chi connectivity index (χ0v) is 17.3. The third-order valence-corrected chi connectivity index (χ3v) is 5.00. The van der Waals surface area contributed by atoms with Crippen LogP contribution in [0.4, 0.5) is 0 Å². The number of fused-ring (bicyclic) bond motifs is 1. The molecule has 2 heterocycles. The Morgan fingerprint density at radius 3 is 2.48 bits per heavy atom. The molecule has 7 nitrogen and oxygen atoms in total. The number of carbonyl (C=O) groups is 1. The Bertz CT molecular complexity index is 1270. The molecular weight excluding hydrogens is 394 g/mol. The molecule has 0 aliphatic rings. The summed E-state index contributed by atoms with van der Waals surface area (Å²) in [5.41, 5.74) is 2.84. The maximum Gasteiger partial charge on any atom is 0.341 e. The molecule has 0 unspecified atom stereocenters. The Balaban J connectivity index is 1.72. The molecule has 0 saturated heterocycles. The first kappa shape index (κ1) is 20.4. The summed E-state index contributed by atoms with van der Waals surface area (Å²) in [6, 6.07) is 17.3. The zero-order valence-electron chi connectivity index (χ0n) is 17.3. The fourth-order valence-corrected chi connectivity index (χ4v) is 3.51. The molecule has 4 aromatic rings. The molecule has 158 valence electrons. The SMILES string of the molecule is CC(C)Cc1c(-c2ccc(OCc3ccccc3)cc2)[nH]c2c(C(=O)O)cnn2c1=O. The molecule has 0 spiro atoms. The molecule has 2 aromatic heterocycles. The maximum absolute atomic E-state index is 13.1. The minimum Gasteiger partial charge on any atom is -0.489 e. The average molecular weight is 417 g/mol. The van der Waals surface area contributed by atoms with Gasteiger partial charge in [-0.25, -0.2) is 4.79 Å². The fourth-order valence-electron chi connectivity index (χ4n) is 3.51. The first-order valence-corrected chi connectivity index (χ1v) is 10.1. The van der Waals surface area contributed by atoms with Gasteiger partial charge < -0.3 is 14.8 Å². The molecule has 0 bridgehead atoms. The van der Waals surface area contributed by atoms with E-state index in [0.29, 0.717) is 30.0 Å². The molecule has 0 aliphatic carbocycles. The number of nitrogens with one attached hydrogen (secondary N) is 1. The van der Waals surface area contributed by atoms with Crippen LogP contribution in [0.5, 0.6) is 5.75 Å². The summed E-state index contributed by atoms with van der Waals surface area (Å²) in [5, 5.41) is 13.4. The first-order valence-electron chi connectivity index (χ1n) is 10.1. The van der Waals surface area contributed by atoms with E-state index >= 15 is 0 Å². The Morgan fingerprint density at radius 2 is 1.84 bits per heavy atom. The lowest BCUT2D eigenvalue weighted by molar-refractivity contribution is 0.0698. The number of aromatic nitrogens is 3. The van der Waals surface area contributed by atoms with E-state index in [1.807, 2.05) is 68.4 Å². The largest absolute Gasteiger partial charge is 0.489 e. The van der Waals surface area contributed by atoms with Crippen molar-refractivity contribution in [3.8, 4) is 17.0 Å². The smallest absolute Gasteiger partial charge is 0.341 e. The quantitative estimate of drug-likeness (QED) is 0.471. The minimum atomic E-state index is -1.14. The molecule has 0 amide bonds. The van der Waals surface area contributed by atoms with Crippen LogP contribution in [0.15, 0.2) is 65.6 Å². The summed E-state index contributed by atoms with van der Waals surface area (Å²) >= 11 is 0. The molecule has 0 fully saturated rings. The lowest BCUT2D eigenvalue weighted by Gasteiger charge is -2.13. The molecule has 0 atom stereocenters. The molecule has 2 N–H and O–H groups in total. The lowest BCUT2D eigenvalue weighted by atomic mass is 9.98. The van der Waals surface area contributed by atoms with Crippen molar-refractivity contribution < 1.29 is 14.6 Å². The van der Waals surface area contributed by atoms with Gasteiger partial charge in [0, 0.05) is 5.56 Å². The van der Waals surface area contributed by atoms with Gasteiger partial charge in [-0.15, -0.1) is 0 Å². The van der Waals surface area contributed by atoms with Crippen LogP contribution >= 0.6 is 0 Å². The van der Waals surface area contributed by atoms with Crippen LogP contribution in [0.1, 0.15) is 35.3 Å². The van der Waals surface area contributed by atoms with Crippen LogP contribution < -0.4 is 10.3 Å². The van der Waals surface area contributed by atoms with Gasteiger partial charge in [0.2, 0.25) is 0 Å². The highest BCUT2D eigenvalue weighted by Crippen LogP contribution is 2.26. The Morgan fingerprint density at radius 1 is 1.13 bits per heavy atom. The van der Waals surface area contributed by atoms with Crippen molar-refractivity contribution in [3.05, 3.63) is 87.8 Å². The van der Waals surface area contributed by atoms with Crippen molar-refractivity contribution in [2.45, 2.75) is 26.9 Å². The van der Waals surface area contributed by atoms with Crippen LogP contribution in [0.2, 0.25) is 0 Å². The van der Waals surface area contributed by atoms with Gasteiger partial charge in [-0.2, -0.15) is 9.61 Å². The number of ether oxygens (including phenoxy) is 1. The minimum absolute atomic E-state index is 0.0442. The van der Waals surface area contributed by atoms with Crippen LogP contribution in [0.25, 0.3) is 16.9 Å². The Kier molecular flexibility index (Phi) is 5.58. The molecule has 7 heteroatoms. The molecule has 0 saturated carbocycles.